The summed E-state index contributed by atoms with van der Waals surface area (Å²) in [5.41, 5.74) is -0.114. The van der Waals surface area contributed by atoms with Crippen LogP contribution >= 0.6 is 11.6 Å². The van der Waals surface area contributed by atoms with E-state index in [1.54, 1.807) is 23.1 Å². The van der Waals surface area contributed by atoms with Crippen LogP contribution in [0.5, 0.6) is 11.5 Å². The van der Waals surface area contributed by atoms with Gasteiger partial charge in [-0.3, -0.25) is 9.59 Å². The zero-order valence-electron chi connectivity index (χ0n) is 17.7. The van der Waals surface area contributed by atoms with Crippen molar-refractivity contribution in [1.29, 1.82) is 0 Å². The van der Waals surface area contributed by atoms with Gasteiger partial charge in [0.05, 0.1) is 19.2 Å². The first-order valence-electron chi connectivity index (χ1n) is 10.1. The largest absolute Gasteiger partial charge is 0.493 e. The minimum atomic E-state index is -0.819. The van der Waals surface area contributed by atoms with Crippen LogP contribution in [0.15, 0.2) is 18.2 Å². The topological polar surface area (TPSA) is 67.9 Å². The smallest absolute Gasteiger partial charge is 0.248 e. The molecule has 0 unspecified atom stereocenters. The third-order valence-electron chi connectivity index (χ3n) is 5.41. The standard InChI is InChI=1S/C22H31ClN2O4/c1-5-25(6-2)21(27)22(12-8-7-9-13-22)24-19(26)11-10-16-14-17(23)20(29-4)18(15-16)28-3/h10-11,14-15H,5-9,12-13H2,1-4H3,(H,24,26). The van der Waals surface area contributed by atoms with Crippen molar-refractivity contribution in [3.05, 3.63) is 28.8 Å². The van der Waals surface area contributed by atoms with Gasteiger partial charge in [-0.25, -0.2) is 0 Å². The quantitative estimate of drug-likeness (QED) is 0.641. The summed E-state index contributed by atoms with van der Waals surface area (Å²) >= 11 is 6.23. The number of nitrogens with one attached hydrogen (secondary N) is 1. The van der Waals surface area contributed by atoms with E-state index in [0.29, 0.717) is 48.0 Å². The Morgan fingerprint density at radius 3 is 2.34 bits per heavy atom. The van der Waals surface area contributed by atoms with Crippen LogP contribution in [0.1, 0.15) is 51.5 Å². The molecular formula is C22H31ClN2O4. The normalized spacial score (nSPS) is 15.8. The lowest BCUT2D eigenvalue weighted by Crippen LogP contribution is -2.60. The first kappa shape index (κ1) is 23.1. The molecule has 0 bridgehead atoms. The van der Waals surface area contributed by atoms with Crippen LogP contribution in [0.4, 0.5) is 0 Å². The molecule has 0 saturated heterocycles. The van der Waals surface area contributed by atoms with Gasteiger partial charge in [-0.05, 0) is 50.5 Å². The van der Waals surface area contributed by atoms with Gasteiger partial charge in [-0.15, -0.1) is 0 Å². The molecule has 0 radical (unpaired) electrons. The molecule has 0 spiro atoms. The first-order valence-corrected chi connectivity index (χ1v) is 10.5. The summed E-state index contributed by atoms with van der Waals surface area (Å²) in [4.78, 5) is 27.6. The lowest BCUT2D eigenvalue weighted by molar-refractivity contribution is -0.142. The Balaban J connectivity index is 2.20. The highest BCUT2D eigenvalue weighted by molar-refractivity contribution is 6.32. The molecule has 0 atom stereocenters. The van der Waals surface area contributed by atoms with E-state index in [2.05, 4.69) is 5.32 Å². The van der Waals surface area contributed by atoms with Gasteiger partial charge < -0.3 is 19.7 Å². The Hall–Kier alpha value is -2.21. The van der Waals surface area contributed by atoms with E-state index in [-0.39, 0.29) is 11.8 Å². The molecule has 7 heteroatoms. The lowest BCUT2D eigenvalue weighted by Gasteiger charge is -2.39. The van der Waals surface area contributed by atoms with Crippen LogP contribution in [0.25, 0.3) is 6.08 Å². The van der Waals surface area contributed by atoms with E-state index in [1.165, 1.54) is 20.3 Å². The maximum Gasteiger partial charge on any atom is 0.248 e. The molecular weight excluding hydrogens is 392 g/mol. The number of benzene rings is 1. The molecule has 6 nitrogen and oxygen atoms in total. The zero-order chi connectivity index (χ0) is 21.4. The Morgan fingerprint density at radius 2 is 1.79 bits per heavy atom. The van der Waals surface area contributed by atoms with Crippen molar-refractivity contribution in [2.75, 3.05) is 27.3 Å². The number of likely N-dealkylation sites (N-methyl/N-ethyl adjacent to an activating group) is 1. The molecule has 1 aromatic rings. The molecule has 0 aliphatic heterocycles. The maximum atomic E-state index is 13.1. The number of hydrogen-bond acceptors (Lipinski definition) is 4. The van der Waals surface area contributed by atoms with Gasteiger partial charge >= 0.3 is 0 Å². The average molecular weight is 423 g/mol. The summed E-state index contributed by atoms with van der Waals surface area (Å²) < 4.78 is 10.5. The van der Waals surface area contributed by atoms with Crippen LogP contribution in [-0.2, 0) is 9.59 Å². The summed E-state index contributed by atoms with van der Waals surface area (Å²) in [7, 11) is 3.04. The van der Waals surface area contributed by atoms with Gasteiger partial charge in [0.2, 0.25) is 11.8 Å². The summed E-state index contributed by atoms with van der Waals surface area (Å²) in [5, 5.41) is 3.41. The highest BCUT2D eigenvalue weighted by Crippen LogP contribution is 2.36. The first-order chi connectivity index (χ1) is 13.9. The third kappa shape index (κ3) is 5.44. The van der Waals surface area contributed by atoms with Gasteiger partial charge in [0, 0.05) is 19.2 Å². The van der Waals surface area contributed by atoms with E-state index >= 15 is 0 Å². The number of amides is 2. The van der Waals surface area contributed by atoms with E-state index in [1.807, 2.05) is 13.8 Å². The van der Waals surface area contributed by atoms with Crippen molar-refractivity contribution >= 4 is 29.5 Å². The summed E-state index contributed by atoms with van der Waals surface area (Å²) in [6.45, 7) is 5.18. The fourth-order valence-electron chi connectivity index (χ4n) is 3.84. The van der Waals surface area contributed by atoms with Gasteiger partial charge in [0.25, 0.3) is 0 Å². The molecule has 1 saturated carbocycles. The second-order valence-electron chi connectivity index (χ2n) is 7.18. The van der Waals surface area contributed by atoms with Crippen molar-refractivity contribution in [2.24, 2.45) is 0 Å². The molecule has 2 rings (SSSR count). The summed E-state index contributed by atoms with van der Waals surface area (Å²) in [6, 6.07) is 3.44. The van der Waals surface area contributed by atoms with E-state index in [0.717, 1.165) is 19.3 Å². The van der Waals surface area contributed by atoms with Gasteiger partial charge in [0.1, 0.15) is 5.54 Å². The van der Waals surface area contributed by atoms with Crippen LogP contribution in [0.2, 0.25) is 5.02 Å². The Labute approximate surface area is 178 Å². The van der Waals surface area contributed by atoms with Gasteiger partial charge in [0.15, 0.2) is 11.5 Å². The highest BCUT2D eigenvalue weighted by Gasteiger charge is 2.42. The molecule has 1 N–H and O–H groups in total. The Bertz CT molecular complexity index is 753. The van der Waals surface area contributed by atoms with Crippen molar-refractivity contribution in [1.82, 2.24) is 10.2 Å². The molecule has 2 amide bonds. The molecule has 1 aromatic carbocycles. The molecule has 1 aliphatic carbocycles. The SMILES string of the molecule is CCN(CC)C(=O)C1(NC(=O)C=Cc2cc(Cl)c(OC)c(OC)c2)CCCCC1. The number of carbonyl (C=O) groups is 2. The predicted molar refractivity (Wildman–Crippen MR) is 115 cm³/mol. The third-order valence-corrected chi connectivity index (χ3v) is 5.69. The van der Waals surface area contributed by atoms with Crippen molar-refractivity contribution < 1.29 is 19.1 Å². The van der Waals surface area contributed by atoms with Crippen molar-refractivity contribution in [2.45, 2.75) is 51.5 Å². The number of nitrogens with zero attached hydrogens (tertiary/aromatic N) is 1. The molecule has 1 fully saturated rings. The average Bonchev–Trinajstić information content (AvgIpc) is 2.73. The fraction of sp³-hybridized carbons (Fsp3) is 0.545. The minimum absolute atomic E-state index is 0.0121. The number of methoxy groups -OCH3 is 2. The Morgan fingerprint density at radius 1 is 1.14 bits per heavy atom. The number of carbonyl (C=O) groups excluding carboxylic acids is 2. The monoisotopic (exact) mass is 422 g/mol. The van der Waals surface area contributed by atoms with Crippen LogP contribution in [0.3, 0.4) is 0 Å². The van der Waals surface area contributed by atoms with Crippen LogP contribution in [-0.4, -0.2) is 49.6 Å². The van der Waals surface area contributed by atoms with Crippen molar-refractivity contribution in [3.63, 3.8) is 0 Å². The second kappa shape index (κ2) is 10.5. The fourth-order valence-corrected chi connectivity index (χ4v) is 4.14. The van der Waals surface area contributed by atoms with E-state index in [9.17, 15) is 9.59 Å². The predicted octanol–water partition coefficient (Wildman–Crippen LogP) is 4.06. The minimum Gasteiger partial charge on any atom is -0.493 e. The summed E-state index contributed by atoms with van der Waals surface area (Å²) in [6.07, 6.45) is 7.38. The molecule has 29 heavy (non-hydrogen) atoms. The Kier molecular flexibility index (Phi) is 8.38. The van der Waals surface area contributed by atoms with Crippen molar-refractivity contribution in [3.8, 4) is 11.5 Å². The van der Waals surface area contributed by atoms with Crippen LogP contribution < -0.4 is 14.8 Å². The van der Waals surface area contributed by atoms with Gasteiger partial charge in [-0.2, -0.15) is 0 Å². The zero-order valence-corrected chi connectivity index (χ0v) is 18.5. The van der Waals surface area contributed by atoms with Crippen LogP contribution in [0, 0.1) is 0 Å². The number of hydrogen-bond donors (Lipinski definition) is 1. The summed E-state index contributed by atoms with van der Waals surface area (Å²) in [5.74, 6) is 0.652. The van der Waals surface area contributed by atoms with E-state index < -0.39 is 5.54 Å². The van der Waals surface area contributed by atoms with E-state index in [4.69, 9.17) is 21.1 Å². The number of halogens is 1. The lowest BCUT2D eigenvalue weighted by atomic mass is 9.80. The molecule has 160 valence electrons. The number of rotatable bonds is 8. The highest BCUT2D eigenvalue weighted by atomic mass is 35.5. The molecule has 0 aromatic heterocycles. The molecule has 0 heterocycles. The molecule has 1 aliphatic rings. The number of ether oxygens (including phenoxy) is 2. The maximum absolute atomic E-state index is 13.1. The second-order valence-corrected chi connectivity index (χ2v) is 7.59. The van der Waals surface area contributed by atoms with Gasteiger partial charge in [-0.1, -0.05) is 30.9 Å².